The van der Waals surface area contributed by atoms with Gasteiger partial charge in [-0.3, -0.25) is 4.79 Å². The lowest BCUT2D eigenvalue weighted by atomic mass is 10.0. The van der Waals surface area contributed by atoms with Gasteiger partial charge in [0.25, 0.3) is 0 Å². The maximum absolute atomic E-state index is 12.2. The zero-order valence-electron chi connectivity index (χ0n) is 13.4. The SMILES string of the molecule is CNC(=O)[C@H]1C[C@@H]2CN(c3ncc(C)cn3)C[C@@H]2N1S(C)(=O)=O. The first-order chi connectivity index (χ1) is 10.8. The third-order valence-electron chi connectivity index (χ3n) is 4.55. The van der Waals surface area contributed by atoms with Crippen LogP contribution in [0.2, 0.25) is 0 Å². The molecule has 9 heteroatoms. The third-order valence-corrected chi connectivity index (χ3v) is 5.84. The van der Waals surface area contributed by atoms with Crippen LogP contribution in [0.25, 0.3) is 0 Å². The van der Waals surface area contributed by atoms with Crippen molar-refractivity contribution >= 4 is 21.9 Å². The molecule has 3 heterocycles. The van der Waals surface area contributed by atoms with Crippen LogP contribution in [0, 0.1) is 12.8 Å². The van der Waals surface area contributed by atoms with Gasteiger partial charge >= 0.3 is 0 Å². The molecule has 3 rings (SSSR count). The molecule has 0 unspecified atom stereocenters. The summed E-state index contributed by atoms with van der Waals surface area (Å²) in [5.41, 5.74) is 0.977. The maximum Gasteiger partial charge on any atom is 0.238 e. The van der Waals surface area contributed by atoms with Crippen molar-refractivity contribution in [1.82, 2.24) is 19.6 Å². The Morgan fingerprint density at radius 3 is 2.52 bits per heavy atom. The Morgan fingerprint density at radius 1 is 1.30 bits per heavy atom. The second kappa shape index (κ2) is 5.72. The molecule has 3 atom stereocenters. The molecular formula is C14H21N5O3S. The molecule has 0 bridgehead atoms. The minimum absolute atomic E-state index is 0.108. The van der Waals surface area contributed by atoms with Crippen molar-refractivity contribution in [3.8, 4) is 0 Å². The van der Waals surface area contributed by atoms with Gasteiger partial charge in [-0.1, -0.05) is 0 Å². The molecule has 0 aliphatic carbocycles. The zero-order valence-corrected chi connectivity index (χ0v) is 14.2. The largest absolute Gasteiger partial charge is 0.358 e. The van der Waals surface area contributed by atoms with Crippen LogP contribution in [-0.4, -0.2) is 67.1 Å². The van der Waals surface area contributed by atoms with E-state index < -0.39 is 16.1 Å². The summed E-state index contributed by atoms with van der Waals surface area (Å²) < 4.78 is 25.7. The van der Waals surface area contributed by atoms with E-state index in [0.717, 1.165) is 11.8 Å². The molecule has 23 heavy (non-hydrogen) atoms. The lowest BCUT2D eigenvalue weighted by molar-refractivity contribution is -0.123. The summed E-state index contributed by atoms with van der Waals surface area (Å²) in [6.45, 7) is 3.09. The van der Waals surface area contributed by atoms with Crippen molar-refractivity contribution < 1.29 is 13.2 Å². The minimum Gasteiger partial charge on any atom is -0.358 e. The number of carbonyl (C=O) groups is 1. The molecule has 0 radical (unpaired) electrons. The zero-order chi connectivity index (χ0) is 16.8. The molecule has 0 saturated carbocycles. The first-order valence-electron chi connectivity index (χ1n) is 7.55. The van der Waals surface area contributed by atoms with Gasteiger partial charge in [-0.25, -0.2) is 18.4 Å². The fourth-order valence-electron chi connectivity index (χ4n) is 3.57. The Bertz CT molecular complexity index is 706. The smallest absolute Gasteiger partial charge is 0.238 e. The second-order valence-corrected chi connectivity index (χ2v) is 8.14. The molecule has 8 nitrogen and oxygen atoms in total. The second-order valence-electron chi connectivity index (χ2n) is 6.25. The van der Waals surface area contributed by atoms with E-state index in [0.29, 0.717) is 25.5 Å². The van der Waals surface area contributed by atoms with Crippen LogP contribution in [0.15, 0.2) is 12.4 Å². The van der Waals surface area contributed by atoms with E-state index in [2.05, 4.69) is 15.3 Å². The number of sulfonamides is 1. The monoisotopic (exact) mass is 339 g/mol. The van der Waals surface area contributed by atoms with Gasteiger partial charge in [0.1, 0.15) is 6.04 Å². The fourth-order valence-corrected chi connectivity index (χ4v) is 4.95. The highest BCUT2D eigenvalue weighted by Crippen LogP contribution is 2.38. The van der Waals surface area contributed by atoms with Crippen molar-refractivity contribution in [3.63, 3.8) is 0 Å². The number of fused-ring (bicyclic) bond motifs is 1. The van der Waals surface area contributed by atoms with E-state index in [1.165, 1.54) is 11.4 Å². The third kappa shape index (κ3) is 2.90. The molecule has 2 saturated heterocycles. The van der Waals surface area contributed by atoms with Crippen LogP contribution in [0.4, 0.5) is 5.95 Å². The molecule has 1 aromatic rings. The summed E-state index contributed by atoms with van der Waals surface area (Å²) in [7, 11) is -1.94. The highest BCUT2D eigenvalue weighted by atomic mass is 32.2. The lowest BCUT2D eigenvalue weighted by Gasteiger charge is -2.27. The number of rotatable bonds is 3. The van der Waals surface area contributed by atoms with Crippen molar-refractivity contribution in [2.75, 3.05) is 31.3 Å². The number of carbonyl (C=O) groups excluding carboxylic acids is 1. The summed E-state index contributed by atoms with van der Waals surface area (Å²) in [5.74, 6) is 0.467. The molecule has 2 fully saturated rings. The topological polar surface area (TPSA) is 95.5 Å². The first kappa shape index (κ1) is 16.1. The highest BCUT2D eigenvalue weighted by molar-refractivity contribution is 7.88. The number of likely N-dealkylation sites (N-methyl/N-ethyl adjacent to an activating group) is 1. The Kier molecular flexibility index (Phi) is 4.01. The summed E-state index contributed by atoms with van der Waals surface area (Å²) in [6.07, 6.45) is 5.19. The number of aryl methyl sites for hydroxylation is 1. The van der Waals surface area contributed by atoms with E-state index in [-0.39, 0.29) is 17.9 Å². The van der Waals surface area contributed by atoms with Crippen molar-refractivity contribution in [1.29, 1.82) is 0 Å². The van der Waals surface area contributed by atoms with E-state index in [1.807, 2.05) is 11.8 Å². The van der Waals surface area contributed by atoms with E-state index in [4.69, 9.17) is 0 Å². The van der Waals surface area contributed by atoms with E-state index in [1.54, 1.807) is 12.4 Å². The molecule has 2 aliphatic heterocycles. The van der Waals surface area contributed by atoms with Gasteiger partial charge in [-0.2, -0.15) is 4.31 Å². The van der Waals surface area contributed by atoms with Crippen LogP contribution in [0.1, 0.15) is 12.0 Å². The number of nitrogens with one attached hydrogen (secondary N) is 1. The molecular weight excluding hydrogens is 318 g/mol. The fraction of sp³-hybridized carbons (Fsp3) is 0.643. The standard InChI is InChI=1S/C14H21N5O3S/c1-9-5-16-14(17-6-9)18-7-10-4-11(13(20)15-2)19(12(10)8-18)23(3,21)22/h5-6,10-12H,4,7-8H2,1-3H3,(H,15,20)/t10-,11-,12+/m1/s1. The Balaban J connectivity index is 1.85. The average molecular weight is 339 g/mol. The van der Waals surface area contributed by atoms with Crippen molar-refractivity contribution in [2.24, 2.45) is 5.92 Å². The molecule has 0 spiro atoms. The van der Waals surface area contributed by atoms with Gasteiger partial charge in [-0.15, -0.1) is 0 Å². The number of anilines is 1. The predicted molar refractivity (Wildman–Crippen MR) is 85.4 cm³/mol. The van der Waals surface area contributed by atoms with Gasteiger partial charge < -0.3 is 10.2 Å². The van der Waals surface area contributed by atoms with Gasteiger partial charge in [0, 0.05) is 38.6 Å². The summed E-state index contributed by atoms with van der Waals surface area (Å²) in [6, 6.07) is -0.830. The number of hydrogen-bond donors (Lipinski definition) is 1. The average Bonchev–Trinajstić information content (AvgIpc) is 3.03. The Labute approximate surface area is 136 Å². The summed E-state index contributed by atoms with van der Waals surface area (Å²) in [4.78, 5) is 22.7. The number of hydrogen-bond acceptors (Lipinski definition) is 6. The summed E-state index contributed by atoms with van der Waals surface area (Å²) >= 11 is 0. The van der Waals surface area contributed by atoms with Crippen LogP contribution in [-0.2, 0) is 14.8 Å². The highest BCUT2D eigenvalue weighted by Gasteiger charge is 2.52. The Hall–Kier alpha value is -1.74. The number of amides is 1. The molecule has 1 N–H and O–H groups in total. The molecule has 0 aromatic carbocycles. The van der Waals surface area contributed by atoms with Crippen LogP contribution in [0.3, 0.4) is 0 Å². The maximum atomic E-state index is 12.2. The van der Waals surface area contributed by atoms with Gasteiger partial charge in [-0.05, 0) is 24.8 Å². The molecule has 1 amide bonds. The Morgan fingerprint density at radius 2 is 1.96 bits per heavy atom. The van der Waals surface area contributed by atoms with Gasteiger partial charge in [0.2, 0.25) is 21.9 Å². The van der Waals surface area contributed by atoms with Crippen LogP contribution >= 0.6 is 0 Å². The minimum atomic E-state index is -3.47. The van der Waals surface area contributed by atoms with Crippen LogP contribution in [0.5, 0.6) is 0 Å². The number of aromatic nitrogens is 2. The van der Waals surface area contributed by atoms with E-state index >= 15 is 0 Å². The van der Waals surface area contributed by atoms with Gasteiger partial charge in [0.15, 0.2) is 0 Å². The molecule has 1 aromatic heterocycles. The quantitative estimate of drug-likeness (QED) is 0.788. The lowest BCUT2D eigenvalue weighted by Crippen LogP contribution is -2.49. The normalized spacial score (nSPS) is 28.0. The van der Waals surface area contributed by atoms with Crippen molar-refractivity contribution in [2.45, 2.75) is 25.4 Å². The summed E-state index contributed by atoms with van der Waals surface area (Å²) in [5, 5.41) is 2.56. The first-order valence-corrected chi connectivity index (χ1v) is 9.40. The number of nitrogens with zero attached hydrogens (tertiary/aromatic N) is 4. The van der Waals surface area contributed by atoms with E-state index in [9.17, 15) is 13.2 Å². The molecule has 126 valence electrons. The van der Waals surface area contributed by atoms with Crippen molar-refractivity contribution in [3.05, 3.63) is 18.0 Å². The van der Waals surface area contributed by atoms with Crippen LogP contribution < -0.4 is 10.2 Å². The van der Waals surface area contributed by atoms with Gasteiger partial charge in [0.05, 0.1) is 6.26 Å². The predicted octanol–water partition coefficient (Wildman–Crippen LogP) is -0.630. The molecule has 2 aliphatic rings.